The van der Waals surface area contributed by atoms with Gasteiger partial charge in [0.05, 0.1) is 0 Å². The topological polar surface area (TPSA) is 26.3 Å². The van der Waals surface area contributed by atoms with E-state index in [1.54, 1.807) is 0 Å². The molecule has 2 nitrogen and oxygen atoms in total. The van der Waals surface area contributed by atoms with Gasteiger partial charge >= 0.3 is 0 Å². The number of allylic oxidation sites excluding steroid dienone is 4. The lowest BCUT2D eigenvalue weighted by Crippen LogP contribution is -2.08. The lowest BCUT2D eigenvalue weighted by Gasteiger charge is -2.14. The Bertz CT molecular complexity index is 287. The Labute approximate surface area is 98.4 Å². The van der Waals surface area contributed by atoms with Gasteiger partial charge in [0.25, 0.3) is 0 Å². The normalized spacial score (nSPS) is 15.1. The van der Waals surface area contributed by atoms with Crippen LogP contribution in [0.1, 0.15) is 58.8 Å². The Kier molecular flexibility index (Phi) is 5.91. The first-order valence-corrected chi connectivity index (χ1v) is 6.38. The van der Waals surface area contributed by atoms with Gasteiger partial charge in [-0.2, -0.15) is 0 Å². The van der Waals surface area contributed by atoms with Crippen molar-refractivity contribution in [3.63, 3.8) is 0 Å². The molecule has 1 rings (SSSR count). The highest BCUT2D eigenvalue weighted by Gasteiger charge is 2.14. The average Bonchev–Trinajstić information content (AvgIpc) is 2.34. The second-order valence-corrected chi connectivity index (χ2v) is 4.16. The molecule has 0 unspecified atom stereocenters. The summed E-state index contributed by atoms with van der Waals surface area (Å²) in [6, 6.07) is 0. The third-order valence-electron chi connectivity index (χ3n) is 2.77. The molecule has 0 amide bonds. The van der Waals surface area contributed by atoms with Gasteiger partial charge in [-0.15, -0.1) is 0 Å². The van der Waals surface area contributed by atoms with Crippen LogP contribution in [0.4, 0.5) is 0 Å². The molecular formula is C14H22O2. The Morgan fingerprint density at radius 2 is 2.06 bits per heavy atom. The zero-order valence-electron chi connectivity index (χ0n) is 10.4. The number of ether oxygens (including phenoxy) is 1. The van der Waals surface area contributed by atoms with Crippen LogP contribution < -0.4 is 0 Å². The van der Waals surface area contributed by atoms with E-state index in [4.69, 9.17) is 4.74 Å². The molecule has 0 saturated carbocycles. The third-order valence-corrected chi connectivity index (χ3v) is 2.77. The summed E-state index contributed by atoms with van der Waals surface area (Å²) in [5.41, 5.74) is 0. The molecular weight excluding hydrogens is 200 g/mol. The minimum Gasteiger partial charge on any atom is -0.459 e. The third kappa shape index (κ3) is 4.21. The highest BCUT2D eigenvalue weighted by Crippen LogP contribution is 2.19. The summed E-state index contributed by atoms with van der Waals surface area (Å²) in [7, 11) is 0. The van der Waals surface area contributed by atoms with Crippen molar-refractivity contribution < 1.29 is 9.53 Å². The Morgan fingerprint density at radius 1 is 1.25 bits per heavy atom. The molecule has 1 heterocycles. The molecule has 0 bridgehead atoms. The number of carbonyl (C=O) groups is 1. The van der Waals surface area contributed by atoms with Crippen molar-refractivity contribution in [2.75, 3.05) is 0 Å². The van der Waals surface area contributed by atoms with Crippen molar-refractivity contribution in [1.82, 2.24) is 0 Å². The van der Waals surface area contributed by atoms with Gasteiger partial charge in [-0.25, -0.2) is 0 Å². The van der Waals surface area contributed by atoms with Gasteiger partial charge in [-0.05, 0) is 25.0 Å². The van der Waals surface area contributed by atoms with Gasteiger partial charge in [0.15, 0.2) is 11.5 Å². The zero-order valence-corrected chi connectivity index (χ0v) is 10.4. The highest BCUT2D eigenvalue weighted by molar-refractivity contribution is 5.93. The van der Waals surface area contributed by atoms with Crippen LogP contribution in [0.15, 0.2) is 23.7 Å². The van der Waals surface area contributed by atoms with E-state index < -0.39 is 0 Å². The molecule has 0 radical (unpaired) electrons. The summed E-state index contributed by atoms with van der Waals surface area (Å²) in [6.07, 6.45) is 10.8. The van der Waals surface area contributed by atoms with Crippen LogP contribution in [0.3, 0.4) is 0 Å². The predicted octanol–water partition coefficient (Wildman–Crippen LogP) is 4.12. The van der Waals surface area contributed by atoms with Gasteiger partial charge in [0.2, 0.25) is 0 Å². The standard InChI is InChI=1S/C14H22O2/c1-3-5-6-7-10-13(15)14-11-8-9-12(4-2)16-14/h9,11H,3-8,10H2,1-2H3. The summed E-state index contributed by atoms with van der Waals surface area (Å²) in [5.74, 6) is 1.66. The van der Waals surface area contributed by atoms with E-state index in [2.05, 4.69) is 6.92 Å². The van der Waals surface area contributed by atoms with Crippen LogP contribution in [0.5, 0.6) is 0 Å². The number of Topliss-reactive ketones (excluding diaryl/α,β-unsaturated/α-hetero) is 1. The fourth-order valence-corrected chi connectivity index (χ4v) is 1.74. The first-order valence-electron chi connectivity index (χ1n) is 6.38. The molecule has 2 heteroatoms. The number of unbranched alkanes of at least 4 members (excludes halogenated alkanes) is 3. The van der Waals surface area contributed by atoms with Crippen LogP contribution in [-0.4, -0.2) is 5.78 Å². The van der Waals surface area contributed by atoms with E-state index >= 15 is 0 Å². The van der Waals surface area contributed by atoms with Crippen LogP contribution in [-0.2, 0) is 9.53 Å². The SMILES string of the molecule is CCCCCCC(=O)C1=CCC=C(CC)O1. The Balaban J connectivity index is 2.29. The average molecular weight is 222 g/mol. The molecule has 0 fully saturated rings. The fraction of sp³-hybridized carbons (Fsp3) is 0.643. The minimum absolute atomic E-state index is 0.162. The van der Waals surface area contributed by atoms with E-state index in [0.29, 0.717) is 12.2 Å². The minimum atomic E-state index is 0.162. The molecule has 0 N–H and O–H groups in total. The predicted molar refractivity (Wildman–Crippen MR) is 65.9 cm³/mol. The lowest BCUT2D eigenvalue weighted by molar-refractivity contribution is -0.118. The van der Waals surface area contributed by atoms with E-state index in [-0.39, 0.29) is 5.78 Å². The molecule has 0 saturated heterocycles. The quantitative estimate of drug-likeness (QED) is 0.605. The zero-order chi connectivity index (χ0) is 11.8. The highest BCUT2D eigenvalue weighted by atomic mass is 16.5. The molecule has 0 aromatic rings. The maximum Gasteiger partial charge on any atom is 0.197 e. The molecule has 0 aromatic heterocycles. The maximum absolute atomic E-state index is 11.8. The number of rotatable bonds is 7. The number of carbonyl (C=O) groups excluding carboxylic acids is 1. The molecule has 0 aliphatic carbocycles. The Hall–Kier alpha value is -1.05. The first-order chi connectivity index (χ1) is 7.77. The van der Waals surface area contributed by atoms with Gasteiger partial charge < -0.3 is 4.74 Å². The van der Waals surface area contributed by atoms with Gasteiger partial charge in [0.1, 0.15) is 5.76 Å². The van der Waals surface area contributed by atoms with Crippen molar-refractivity contribution >= 4 is 5.78 Å². The summed E-state index contributed by atoms with van der Waals surface area (Å²) in [5, 5.41) is 0. The number of hydrogen-bond donors (Lipinski definition) is 0. The summed E-state index contributed by atoms with van der Waals surface area (Å²) in [6.45, 7) is 4.22. The molecule has 90 valence electrons. The summed E-state index contributed by atoms with van der Waals surface area (Å²) >= 11 is 0. The van der Waals surface area contributed by atoms with Gasteiger partial charge in [-0.3, -0.25) is 4.79 Å². The van der Waals surface area contributed by atoms with E-state index in [9.17, 15) is 4.79 Å². The van der Waals surface area contributed by atoms with Crippen LogP contribution in [0.2, 0.25) is 0 Å². The van der Waals surface area contributed by atoms with Crippen molar-refractivity contribution in [1.29, 1.82) is 0 Å². The molecule has 1 aliphatic heterocycles. The molecule has 0 aromatic carbocycles. The fourth-order valence-electron chi connectivity index (χ4n) is 1.74. The first kappa shape index (κ1) is 13.0. The van der Waals surface area contributed by atoms with Crippen LogP contribution in [0, 0.1) is 0 Å². The van der Waals surface area contributed by atoms with Crippen molar-refractivity contribution in [2.24, 2.45) is 0 Å². The number of ketones is 1. The maximum atomic E-state index is 11.8. The van der Waals surface area contributed by atoms with Crippen LogP contribution >= 0.6 is 0 Å². The van der Waals surface area contributed by atoms with Gasteiger partial charge in [0, 0.05) is 12.8 Å². The van der Waals surface area contributed by atoms with E-state index in [1.165, 1.54) is 12.8 Å². The van der Waals surface area contributed by atoms with Gasteiger partial charge in [-0.1, -0.05) is 33.1 Å². The molecule has 0 atom stereocenters. The smallest absolute Gasteiger partial charge is 0.197 e. The van der Waals surface area contributed by atoms with Crippen molar-refractivity contribution in [3.8, 4) is 0 Å². The second kappa shape index (κ2) is 7.26. The van der Waals surface area contributed by atoms with Crippen molar-refractivity contribution in [3.05, 3.63) is 23.7 Å². The Morgan fingerprint density at radius 3 is 2.75 bits per heavy atom. The van der Waals surface area contributed by atoms with E-state index in [0.717, 1.165) is 31.4 Å². The number of hydrogen-bond acceptors (Lipinski definition) is 2. The van der Waals surface area contributed by atoms with Crippen molar-refractivity contribution in [2.45, 2.75) is 58.8 Å². The second-order valence-electron chi connectivity index (χ2n) is 4.16. The summed E-state index contributed by atoms with van der Waals surface area (Å²) < 4.78 is 5.53. The van der Waals surface area contributed by atoms with E-state index in [1.807, 2.05) is 19.1 Å². The molecule has 1 aliphatic rings. The molecule has 0 spiro atoms. The molecule has 16 heavy (non-hydrogen) atoms. The lowest BCUT2D eigenvalue weighted by atomic mass is 10.1. The monoisotopic (exact) mass is 222 g/mol. The largest absolute Gasteiger partial charge is 0.459 e. The van der Waals surface area contributed by atoms with Crippen LogP contribution in [0.25, 0.3) is 0 Å². The summed E-state index contributed by atoms with van der Waals surface area (Å²) in [4.78, 5) is 11.8.